The van der Waals surface area contributed by atoms with Crippen LogP contribution in [0.3, 0.4) is 0 Å². The van der Waals surface area contributed by atoms with Crippen molar-refractivity contribution in [1.29, 1.82) is 0 Å². The van der Waals surface area contributed by atoms with Gasteiger partial charge < -0.3 is 20.1 Å². The molecular weight excluding hydrogens is 392 g/mol. The lowest BCUT2D eigenvalue weighted by Gasteiger charge is -2.23. The number of Topliss-reactive ketones (excluding diaryl/α,β-unsaturated/α-hetero) is 1. The molecule has 1 heterocycles. The number of nitrogens with one attached hydrogen (secondary N) is 2. The van der Waals surface area contributed by atoms with E-state index in [0.29, 0.717) is 30.4 Å². The fraction of sp³-hybridized carbons (Fsp3) is 0.292. The summed E-state index contributed by atoms with van der Waals surface area (Å²) in [5, 5.41) is 6.54. The number of rotatable bonds is 7. The Labute approximate surface area is 181 Å². The Balaban J connectivity index is 1.67. The Kier molecular flexibility index (Phi) is 6.02. The minimum atomic E-state index is 0.0678. The van der Waals surface area contributed by atoms with Crippen LogP contribution in [-0.2, 0) is 6.42 Å². The third-order valence-corrected chi connectivity index (χ3v) is 5.11. The van der Waals surface area contributed by atoms with E-state index >= 15 is 0 Å². The molecular formula is C24H26N4O3. The van der Waals surface area contributed by atoms with Gasteiger partial charge in [-0.1, -0.05) is 6.92 Å². The molecule has 1 atom stereocenters. The zero-order valence-corrected chi connectivity index (χ0v) is 17.9. The molecule has 3 aromatic rings. The maximum Gasteiger partial charge on any atom is 0.229 e. The van der Waals surface area contributed by atoms with E-state index < -0.39 is 0 Å². The van der Waals surface area contributed by atoms with Crippen molar-refractivity contribution in [2.75, 3.05) is 24.4 Å². The van der Waals surface area contributed by atoms with Crippen molar-refractivity contribution in [3.05, 3.63) is 59.8 Å². The van der Waals surface area contributed by atoms with Crippen LogP contribution in [0, 0.1) is 5.92 Å². The standard InChI is InChI=1S/C24H26N4O3/c1-4-31-19-11-7-16(8-12-19)25-23-22-20(13-15(2)14-21(22)29)27-24(28-23)26-17-5-9-18(30-3)10-6-17/h5-12,15H,4,13-14H2,1-3H3,(H2,25,26,27,28). The van der Waals surface area contributed by atoms with E-state index in [4.69, 9.17) is 9.47 Å². The van der Waals surface area contributed by atoms with Gasteiger partial charge in [0.1, 0.15) is 17.3 Å². The molecule has 2 aromatic carbocycles. The van der Waals surface area contributed by atoms with E-state index in [1.54, 1.807) is 7.11 Å². The van der Waals surface area contributed by atoms with Gasteiger partial charge in [0.25, 0.3) is 0 Å². The fourth-order valence-electron chi connectivity index (χ4n) is 3.66. The number of nitrogens with zero attached hydrogens (tertiary/aromatic N) is 2. The van der Waals surface area contributed by atoms with Crippen LogP contribution in [-0.4, -0.2) is 29.5 Å². The molecule has 0 aliphatic heterocycles. The Morgan fingerprint density at radius 1 is 0.935 bits per heavy atom. The average molecular weight is 418 g/mol. The zero-order valence-electron chi connectivity index (χ0n) is 17.9. The van der Waals surface area contributed by atoms with Gasteiger partial charge in [0.2, 0.25) is 5.95 Å². The molecule has 4 rings (SSSR count). The van der Waals surface area contributed by atoms with Crippen LogP contribution in [0.4, 0.5) is 23.1 Å². The molecule has 1 aromatic heterocycles. The fourth-order valence-corrected chi connectivity index (χ4v) is 3.66. The minimum Gasteiger partial charge on any atom is -0.497 e. The average Bonchev–Trinajstić information content (AvgIpc) is 2.75. The Hall–Kier alpha value is -3.61. The predicted octanol–water partition coefficient (Wildman–Crippen LogP) is 5.14. The summed E-state index contributed by atoms with van der Waals surface area (Å²) >= 11 is 0. The topological polar surface area (TPSA) is 85.4 Å². The maximum atomic E-state index is 12.8. The van der Waals surface area contributed by atoms with Crippen molar-refractivity contribution in [3.8, 4) is 11.5 Å². The monoisotopic (exact) mass is 418 g/mol. The van der Waals surface area contributed by atoms with E-state index in [0.717, 1.165) is 35.0 Å². The highest BCUT2D eigenvalue weighted by Crippen LogP contribution is 2.32. The van der Waals surface area contributed by atoms with Crippen molar-refractivity contribution < 1.29 is 14.3 Å². The number of methoxy groups -OCH3 is 1. The maximum absolute atomic E-state index is 12.8. The van der Waals surface area contributed by atoms with Crippen molar-refractivity contribution in [1.82, 2.24) is 9.97 Å². The molecule has 0 spiro atoms. The first-order chi connectivity index (χ1) is 15.1. The molecule has 0 fully saturated rings. The van der Waals surface area contributed by atoms with E-state index in [2.05, 4.69) is 27.5 Å². The van der Waals surface area contributed by atoms with Crippen LogP contribution in [0.1, 0.15) is 36.3 Å². The summed E-state index contributed by atoms with van der Waals surface area (Å²) in [4.78, 5) is 22.1. The lowest BCUT2D eigenvalue weighted by molar-refractivity contribution is 0.0952. The van der Waals surface area contributed by atoms with Gasteiger partial charge in [0.05, 0.1) is 25.0 Å². The smallest absolute Gasteiger partial charge is 0.229 e. The summed E-state index contributed by atoms with van der Waals surface area (Å²) in [6, 6.07) is 15.1. The Bertz CT molecular complexity index is 1070. The normalized spacial score (nSPS) is 15.2. The third kappa shape index (κ3) is 4.77. The minimum absolute atomic E-state index is 0.0678. The molecule has 0 saturated carbocycles. The first-order valence-corrected chi connectivity index (χ1v) is 10.4. The molecule has 1 unspecified atom stereocenters. The Morgan fingerprint density at radius 3 is 2.23 bits per heavy atom. The number of hydrogen-bond donors (Lipinski definition) is 2. The SMILES string of the molecule is CCOc1ccc(Nc2nc(Nc3ccc(OC)cc3)nc3c2C(=O)CC(C)C3)cc1. The van der Waals surface area contributed by atoms with Gasteiger partial charge in [-0.15, -0.1) is 0 Å². The summed E-state index contributed by atoms with van der Waals surface area (Å²) in [7, 11) is 1.63. The summed E-state index contributed by atoms with van der Waals surface area (Å²) in [5.74, 6) is 2.85. The second kappa shape index (κ2) is 9.04. The first-order valence-electron chi connectivity index (χ1n) is 10.4. The predicted molar refractivity (Wildman–Crippen MR) is 121 cm³/mol. The van der Waals surface area contributed by atoms with E-state index in [9.17, 15) is 4.79 Å². The summed E-state index contributed by atoms with van der Waals surface area (Å²) in [6.45, 7) is 4.63. The number of aromatic nitrogens is 2. The van der Waals surface area contributed by atoms with Crippen molar-refractivity contribution in [2.45, 2.75) is 26.7 Å². The number of hydrogen-bond acceptors (Lipinski definition) is 7. The number of ketones is 1. The van der Waals surface area contributed by atoms with Gasteiger partial charge in [-0.05, 0) is 67.8 Å². The molecule has 1 aliphatic rings. The number of benzene rings is 2. The van der Waals surface area contributed by atoms with Crippen molar-refractivity contribution in [3.63, 3.8) is 0 Å². The summed E-state index contributed by atoms with van der Waals surface area (Å²) in [6.07, 6.45) is 1.23. The van der Waals surface area contributed by atoms with Gasteiger partial charge in [-0.3, -0.25) is 4.79 Å². The molecule has 0 saturated heterocycles. The van der Waals surface area contributed by atoms with Gasteiger partial charge in [-0.25, -0.2) is 4.98 Å². The first kappa shape index (κ1) is 20.7. The quantitative estimate of drug-likeness (QED) is 0.550. The number of ether oxygens (including phenoxy) is 2. The van der Waals surface area contributed by atoms with E-state index in [1.165, 1.54) is 0 Å². The largest absolute Gasteiger partial charge is 0.497 e. The van der Waals surface area contributed by atoms with Crippen LogP contribution in [0.25, 0.3) is 0 Å². The Morgan fingerprint density at radius 2 is 1.58 bits per heavy atom. The number of carbonyl (C=O) groups excluding carboxylic acids is 1. The number of fused-ring (bicyclic) bond motifs is 1. The lowest BCUT2D eigenvalue weighted by atomic mass is 9.87. The molecule has 7 heteroatoms. The van der Waals surface area contributed by atoms with Crippen LogP contribution < -0.4 is 20.1 Å². The molecule has 31 heavy (non-hydrogen) atoms. The summed E-state index contributed by atoms with van der Waals surface area (Å²) in [5.41, 5.74) is 3.00. The molecule has 160 valence electrons. The van der Waals surface area contributed by atoms with Gasteiger partial charge in [0.15, 0.2) is 5.78 Å². The molecule has 0 amide bonds. The second-order valence-electron chi connectivity index (χ2n) is 7.59. The zero-order chi connectivity index (χ0) is 21.8. The second-order valence-corrected chi connectivity index (χ2v) is 7.59. The number of anilines is 4. The van der Waals surface area contributed by atoms with Crippen molar-refractivity contribution >= 4 is 28.9 Å². The van der Waals surface area contributed by atoms with Crippen LogP contribution in [0.5, 0.6) is 11.5 Å². The van der Waals surface area contributed by atoms with Gasteiger partial charge in [0, 0.05) is 17.8 Å². The van der Waals surface area contributed by atoms with Crippen molar-refractivity contribution in [2.24, 2.45) is 5.92 Å². The summed E-state index contributed by atoms with van der Waals surface area (Å²) < 4.78 is 10.7. The van der Waals surface area contributed by atoms with Crippen LogP contribution >= 0.6 is 0 Å². The molecule has 0 bridgehead atoms. The third-order valence-electron chi connectivity index (χ3n) is 5.11. The molecule has 0 radical (unpaired) electrons. The molecule has 1 aliphatic carbocycles. The van der Waals surface area contributed by atoms with Gasteiger partial charge >= 0.3 is 0 Å². The van der Waals surface area contributed by atoms with E-state index in [-0.39, 0.29) is 11.7 Å². The lowest BCUT2D eigenvalue weighted by Crippen LogP contribution is -2.22. The van der Waals surface area contributed by atoms with E-state index in [1.807, 2.05) is 55.5 Å². The molecule has 7 nitrogen and oxygen atoms in total. The molecule has 2 N–H and O–H groups in total. The highest BCUT2D eigenvalue weighted by atomic mass is 16.5. The van der Waals surface area contributed by atoms with Crippen LogP contribution in [0.2, 0.25) is 0 Å². The number of carbonyl (C=O) groups is 1. The highest BCUT2D eigenvalue weighted by molar-refractivity contribution is 6.03. The highest BCUT2D eigenvalue weighted by Gasteiger charge is 2.28. The van der Waals surface area contributed by atoms with Crippen LogP contribution in [0.15, 0.2) is 48.5 Å². The van der Waals surface area contributed by atoms with Gasteiger partial charge in [-0.2, -0.15) is 4.98 Å².